The van der Waals surface area contributed by atoms with Crippen LogP contribution in [0.5, 0.6) is 0 Å². The molecule has 1 aliphatic carbocycles. The zero-order valence-corrected chi connectivity index (χ0v) is 20.0. The number of amidine groups is 1. The minimum Gasteiger partial charge on any atom is -0.289 e. The quantitative estimate of drug-likeness (QED) is 0.322. The average Bonchev–Trinajstić information content (AvgIpc) is 2.74. The molecule has 7 heteroatoms. The van der Waals surface area contributed by atoms with Gasteiger partial charge < -0.3 is 0 Å². The predicted octanol–water partition coefficient (Wildman–Crippen LogP) is 5.66. The number of carbonyl (C=O) groups is 1. The number of aliphatic imine (C=N–C) groups is 1. The Labute approximate surface area is 194 Å². The topological polar surface area (TPSA) is 75.9 Å². The predicted molar refractivity (Wildman–Crippen MR) is 130 cm³/mol. The van der Waals surface area contributed by atoms with Crippen molar-refractivity contribution < 1.29 is 13.2 Å². The van der Waals surface area contributed by atoms with Crippen molar-refractivity contribution in [2.75, 3.05) is 0 Å². The summed E-state index contributed by atoms with van der Waals surface area (Å²) < 4.78 is 30.0. The summed E-state index contributed by atoms with van der Waals surface area (Å²) >= 11 is 5.89. The SMILES string of the molecule is CC(C)C1=CC(=NC(=NS(=O)(=O)c2ccc(Cl)cc2)c2ccccc2)C=C(C(C)C)C1=O. The molecule has 0 saturated heterocycles. The highest BCUT2D eigenvalue weighted by molar-refractivity contribution is 7.90. The van der Waals surface area contributed by atoms with Crippen LogP contribution in [0.4, 0.5) is 0 Å². The molecule has 0 fully saturated rings. The van der Waals surface area contributed by atoms with E-state index in [-0.39, 0.29) is 28.4 Å². The molecular formula is C25H25ClN2O3S. The molecule has 32 heavy (non-hydrogen) atoms. The van der Waals surface area contributed by atoms with Gasteiger partial charge >= 0.3 is 0 Å². The summed E-state index contributed by atoms with van der Waals surface area (Å²) in [7, 11) is -4.03. The van der Waals surface area contributed by atoms with Gasteiger partial charge in [0.05, 0.1) is 10.6 Å². The number of hydrogen-bond acceptors (Lipinski definition) is 3. The zero-order chi connectivity index (χ0) is 23.5. The van der Waals surface area contributed by atoms with Gasteiger partial charge in [-0.15, -0.1) is 4.40 Å². The van der Waals surface area contributed by atoms with E-state index in [0.717, 1.165) is 0 Å². The average molecular weight is 469 g/mol. The molecule has 0 unspecified atom stereocenters. The standard InChI is InChI=1S/C25H25ClN2O3S/c1-16(2)22-14-20(15-23(17(3)4)24(22)29)27-25(18-8-6-5-7-9-18)28-32(30,31)21-12-10-19(26)11-13-21/h5-17H,1-4H3. The van der Waals surface area contributed by atoms with Gasteiger partial charge in [0.2, 0.25) is 0 Å². The molecular weight excluding hydrogens is 444 g/mol. The monoisotopic (exact) mass is 468 g/mol. The number of ketones is 1. The van der Waals surface area contributed by atoms with Crippen LogP contribution in [0.2, 0.25) is 5.02 Å². The molecule has 0 bridgehead atoms. The summed E-state index contributed by atoms with van der Waals surface area (Å²) in [6.45, 7) is 7.78. The molecule has 0 spiro atoms. The second-order valence-corrected chi connectivity index (χ2v) is 10.1. The molecule has 5 nitrogen and oxygen atoms in total. The zero-order valence-electron chi connectivity index (χ0n) is 18.4. The fourth-order valence-corrected chi connectivity index (χ4v) is 4.29. The number of nitrogens with zero attached hydrogens (tertiary/aromatic N) is 2. The van der Waals surface area contributed by atoms with Crippen LogP contribution in [0.15, 0.2) is 92.2 Å². The summed E-state index contributed by atoms with van der Waals surface area (Å²) in [4.78, 5) is 17.4. The maximum atomic E-state index is 13.0. The minimum atomic E-state index is -4.03. The Bertz CT molecular complexity index is 1210. The number of hydrogen-bond donors (Lipinski definition) is 0. The maximum absolute atomic E-state index is 13.0. The van der Waals surface area contributed by atoms with Crippen LogP contribution in [-0.2, 0) is 14.8 Å². The summed E-state index contributed by atoms with van der Waals surface area (Å²) in [5.41, 5.74) is 2.32. The maximum Gasteiger partial charge on any atom is 0.284 e. The van der Waals surface area contributed by atoms with Crippen molar-refractivity contribution in [3.63, 3.8) is 0 Å². The molecule has 0 saturated carbocycles. The Morgan fingerprint density at radius 2 is 1.38 bits per heavy atom. The first-order chi connectivity index (χ1) is 15.1. The first-order valence-corrected chi connectivity index (χ1v) is 12.1. The van der Waals surface area contributed by atoms with Gasteiger partial charge in [-0.2, -0.15) is 8.42 Å². The van der Waals surface area contributed by atoms with Gasteiger partial charge in [-0.05, 0) is 48.3 Å². The Morgan fingerprint density at radius 1 is 0.844 bits per heavy atom. The lowest BCUT2D eigenvalue weighted by Gasteiger charge is -2.20. The van der Waals surface area contributed by atoms with Crippen LogP contribution in [0.1, 0.15) is 33.3 Å². The van der Waals surface area contributed by atoms with E-state index in [0.29, 0.717) is 27.4 Å². The molecule has 0 heterocycles. The number of benzene rings is 2. The molecule has 2 aromatic rings. The van der Waals surface area contributed by atoms with Crippen LogP contribution in [0.25, 0.3) is 0 Å². The smallest absolute Gasteiger partial charge is 0.284 e. The second-order valence-electron chi connectivity index (χ2n) is 8.08. The van der Waals surface area contributed by atoms with Gasteiger partial charge in [0.1, 0.15) is 0 Å². The van der Waals surface area contributed by atoms with Crippen molar-refractivity contribution in [3.05, 3.63) is 88.5 Å². The molecule has 1 aliphatic rings. The highest BCUT2D eigenvalue weighted by Gasteiger charge is 2.25. The fourth-order valence-electron chi connectivity index (χ4n) is 3.20. The second kappa shape index (κ2) is 9.76. The Hall–Kier alpha value is -2.83. The molecule has 0 radical (unpaired) electrons. The Morgan fingerprint density at radius 3 is 1.88 bits per heavy atom. The normalized spacial score (nSPS) is 15.2. The van der Waals surface area contributed by atoms with Crippen molar-refractivity contribution in [1.29, 1.82) is 0 Å². The molecule has 3 rings (SSSR count). The highest BCUT2D eigenvalue weighted by Crippen LogP contribution is 2.25. The van der Waals surface area contributed by atoms with Crippen molar-refractivity contribution in [2.24, 2.45) is 21.2 Å². The van der Waals surface area contributed by atoms with E-state index in [9.17, 15) is 13.2 Å². The lowest BCUT2D eigenvalue weighted by molar-refractivity contribution is -0.113. The summed E-state index contributed by atoms with van der Waals surface area (Å²) in [6, 6.07) is 14.7. The first-order valence-electron chi connectivity index (χ1n) is 10.3. The van der Waals surface area contributed by atoms with E-state index < -0.39 is 10.0 Å². The molecule has 0 aliphatic heterocycles. The van der Waals surface area contributed by atoms with E-state index in [2.05, 4.69) is 9.39 Å². The van der Waals surface area contributed by atoms with E-state index in [4.69, 9.17) is 11.6 Å². The van der Waals surface area contributed by atoms with Gasteiger partial charge in [-0.1, -0.05) is 69.6 Å². The summed E-state index contributed by atoms with van der Waals surface area (Å²) in [5, 5.41) is 0.432. The van der Waals surface area contributed by atoms with Gasteiger partial charge in [0, 0.05) is 21.7 Å². The molecule has 0 aromatic heterocycles. The van der Waals surface area contributed by atoms with Gasteiger partial charge in [0.25, 0.3) is 10.0 Å². The number of carbonyl (C=O) groups excluding carboxylic acids is 1. The fraction of sp³-hybridized carbons (Fsp3) is 0.240. The third-order valence-corrected chi connectivity index (χ3v) is 6.49. The third-order valence-electron chi connectivity index (χ3n) is 4.96. The van der Waals surface area contributed by atoms with Crippen LogP contribution < -0.4 is 0 Å². The number of halogens is 1. The Balaban J connectivity index is 2.19. The molecule has 0 atom stereocenters. The molecule has 166 valence electrons. The van der Waals surface area contributed by atoms with Crippen molar-refractivity contribution in [1.82, 2.24) is 0 Å². The molecule has 0 N–H and O–H groups in total. The third kappa shape index (κ3) is 5.50. The molecule has 0 amide bonds. The number of sulfonamides is 1. The highest BCUT2D eigenvalue weighted by atomic mass is 35.5. The van der Waals surface area contributed by atoms with E-state index in [1.54, 1.807) is 36.4 Å². The van der Waals surface area contributed by atoms with E-state index >= 15 is 0 Å². The minimum absolute atomic E-state index is 0.000866. The largest absolute Gasteiger partial charge is 0.289 e. The number of allylic oxidation sites excluding steroid dienone is 4. The van der Waals surface area contributed by atoms with Crippen LogP contribution in [0, 0.1) is 11.8 Å². The molecule has 2 aromatic carbocycles. The van der Waals surface area contributed by atoms with Gasteiger partial charge in [0.15, 0.2) is 11.6 Å². The lowest BCUT2D eigenvalue weighted by Crippen LogP contribution is -2.21. The summed E-state index contributed by atoms with van der Waals surface area (Å²) in [6.07, 6.45) is 3.43. The summed E-state index contributed by atoms with van der Waals surface area (Å²) in [5.74, 6) is 0.0553. The van der Waals surface area contributed by atoms with Crippen LogP contribution >= 0.6 is 11.6 Å². The first kappa shape index (κ1) is 23.8. The van der Waals surface area contributed by atoms with Crippen molar-refractivity contribution >= 4 is 39.0 Å². The van der Waals surface area contributed by atoms with E-state index in [1.165, 1.54) is 24.3 Å². The number of rotatable bonds is 5. The lowest BCUT2D eigenvalue weighted by atomic mass is 9.84. The Kier molecular flexibility index (Phi) is 7.26. The number of Topliss-reactive ketones (excluding diaryl/α,β-unsaturated/α-hetero) is 1. The van der Waals surface area contributed by atoms with Crippen LogP contribution in [-0.4, -0.2) is 25.7 Å². The van der Waals surface area contributed by atoms with Crippen LogP contribution in [0.3, 0.4) is 0 Å². The van der Waals surface area contributed by atoms with Gasteiger partial charge in [-0.25, -0.2) is 4.99 Å². The van der Waals surface area contributed by atoms with Crippen molar-refractivity contribution in [3.8, 4) is 0 Å². The van der Waals surface area contributed by atoms with Gasteiger partial charge in [-0.3, -0.25) is 4.79 Å². The van der Waals surface area contributed by atoms with Crippen molar-refractivity contribution in [2.45, 2.75) is 32.6 Å². The van der Waals surface area contributed by atoms with E-state index in [1.807, 2.05) is 33.8 Å².